The number of hydrogen-bond acceptors (Lipinski definition) is 6. The summed E-state index contributed by atoms with van der Waals surface area (Å²) < 4.78 is 25.4. The molecule has 3 aliphatic rings. The highest BCUT2D eigenvalue weighted by molar-refractivity contribution is 6.02. The number of hydrogen-bond donors (Lipinski definition) is 2. The molecule has 9 nitrogen and oxygen atoms in total. The number of rotatable bonds is 6. The second kappa shape index (κ2) is 12.0. The van der Waals surface area contributed by atoms with Crippen molar-refractivity contribution in [1.82, 2.24) is 20.4 Å². The van der Waals surface area contributed by atoms with Gasteiger partial charge in [0.1, 0.15) is 11.9 Å². The number of halogens is 1. The molecule has 10 heteroatoms. The molecule has 6 rings (SSSR count). The topological polar surface area (TPSA) is 100 Å². The van der Waals surface area contributed by atoms with E-state index in [-0.39, 0.29) is 18.5 Å². The Morgan fingerprint density at radius 3 is 2.40 bits per heavy atom. The monoisotopic (exact) mass is 586 g/mol. The van der Waals surface area contributed by atoms with Crippen LogP contribution in [0.4, 0.5) is 9.18 Å². The van der Waals surface area contributed by atoms with Crippen molar-refractivity contribution < 1.29 is 28.2 Å². The fourth-order valence-corrected chi connectivity index (χ4v) is 6.59. The van der Waals surface area contributed by atoms with Gasteiger partial charge in [0.15, 0.2) is 17.3 Å². The van der Waals surface area contributed by atoms with E-state index in [1.807, 2.05) is 38.1 Å². The fourth-order valence-electron chi connectivity index (χ4n) is 6.59. The fraction of sp³-hybridized carbons (Fsp3) is 0.364. The van der Waals surface area contributed by atoms with Gasteiger partial charge in [0, 0.05) is 44.2 Å². The van der Waals surface area contributed by atoms with Crippen molar-refractivity contribution in [1.29, 1.82) is 0 Å². The Labute approximate surface area is 249 Å². The third-order valence-corrected chi connectivity index (χ3v) is 8.51. The zero-order chi connectivity index (χ0) is 30.1. The summed E-state index contributed by atoms with van der Waals surface area (Å²) in [5.41, 5.74) is 2.65. The molecule has 2 saturated heterocycles. The van der Waals surface area contributed by atoms with Crippen molar-refractivity contribution in [3.8, 4) is 11.5 Å². The predicted molar refractivity (Wildman–Crippen MR) is 158 cm³/mol. The zero-order valence-electron chi connectivity index (χ0n) is 24.2. The van der Waals surface area contributed by atoms with Gasteiger partial charge in [-0.05, 0) is 55.3 Å². The molecule has 0 aliphatic carbocycles. The van der Waals surface area contributed by atoms with Crippen LogP contribution in [0.15, 0.2) is 66.7 Å². The lowest BCUT2D eigenvalue weighted by molar-refractivity contribution is -0.136. The quantitative estimate of drug-likeness (QED) is 0.423. The SMILES string of the molecule is CCNC(=O)N1C(C(=O)N2CCNCC2)C(c2ccc(F)cc2)C(C(=O)c2cccc(C)c2)C1c1ccc2c(c1)OCO2. The first-order valence-corrected chi connectivity index (χ1v) is 14.7. The van der Waals surface area contributed by atoms with Crippen LogP contribution in [0.2, 0.25) is 0 Å². The van der Waals surface area contributed by atoms with Gasteiger partial charge in [-0.2, -0.15) is 0 Å². The van der Waals surface area contributed by atoms with Crippen LogP contribution in [0.25, 0.3) is 0 Å². The molecule has 224 valence electrons. The van der Waals surface area contributed by atoms with E-state index >= 15 is 0 Å². The molecule has 4 unspecified atom stereocenters. The van der Waals surface area contributed by atoms with Crippen molar-refractivity contribution >= 4 is 17.7 Å². The minimum atomic E-state index is -1.02. The molecule has 2 N–H and O–H groups in total. The number of benzene rings is 3. The van der Waals surface area contributed by atoms with Crippen molar-refractivity contribution in [3.05, 3.63) is 94.8 Å². The third-order valence-electron chi connectivity index (χ3n) is 8.51. The molecule has 3 aromatic rings. The summed E-state index contributed by atoms with van der Waals surface area (Å²) in [6.07, 6.45) is 0. The summed E-state index contributed by atoms with van der Waals surface area (Å²) in [7, 11) is 0. The molecule has 3 amide bonds. The highest BCUT2D eigenvalue weighted by atomic mass is 19.1. The van der Waals surface area contributed by atoms with Gasteiger partial charge in [-0.1, -0.05) is 42.0 Å². The Morgan fingerprint density at radius 2 is 1.67 bits per heavy atom. The molecule has 0 saturated carbocycles. The minimum absolute atomic E-state index is 0.0669. The largest absolute Gasteiger partial charge is 0.454 e. The van der Waals surface area contributed by atoms with E-state index in [1.54, 1.807) is 35.2 Å². The summed E-state index contributed by atoms with van der Waals surface area (Å²) in [6, 6.07) is 16.3. The van der Waals surface area contributed by atoms with E-state index in [2.05, 4.69) is 10.6 Å². The number of nitrogens with one attached hydrogen (secondary N) is 2. The number of urea groups is 1. The van der Waals surface area contributed by atoms with Gasteiger partial charge in [0.2, 0.25) is 12.7 Å². The standard InChI is InChI=1S/C33H35FN4O5/c1-3-36-33(41)38-29(22-9-12-25-26(18-22)43-19-42-25)28(31(39)23-6-4-5-20(2)17-23)27(21-7-10-24(34)11-8-21)30(38)32(40)37-15-13-35-14-16-37/h4-12,17-18,27-30,35H,3,13-16,19H2,1-2H3,(H,36,41). The molecule has 0 bridgehead atoms. The van der Waals surface area contributed by atoms with Crippen LogP contribution in [-0.4, -0.2) is 73.1 Å². The van der Waals surface area contributed by atoms with Gasteiger partial charge in [-0.15, -0.1) is 0 Å². The number of aryl methyl sites for hydroxylation is 1. The summed E-state index contributed by atoms with van der Waals surface area (Å²) >= 11 is 0. The van der Waals surface area contributed by atoms with Crippen molar-refractivity contribution in [2.45, 2.75) is 31.8 Å². The molecule has 0 radical (unpaired) electrons. The number of ether oxygens (including phenoxy) is 2. The Balaban J connectivity index is 1.58. The molecule has 3 aliphatic heterocycles. The Morgan fingerprint density at radius 1 is 0.953 bits per heavy atom. The molecule has 0 aromatic heterocycles. The van der Waals surface area contributed by atoms with Crippen LogP contribution in [0.1, 0.15) is 45.9 Å². The van der Waals surface area contributed by atoms with E-state index in [0.717, 1.165) is 5.56 Å². The first kappa shape index (κ1) is 28.7. The van der Waals surface area contributed by atoms with Crippen molar-refractivity contribution in [3.63, 3.8) is 0 Å². The maximum Gasteiger partial charge on any atom is 0.318 e. The number of Topliss-reactive ketones (excluding diaryl/α,β-unsaturated/α-hetero) is 1. The van der Waals surface area contributed by atoms with E-state index in [1.165, 1.54) is 17.0 Å². The van der Waals surface area contributed by atoms with Crippen LogP contribution < -0.4 is 20.1 Å². The average Bonchev–Trinajstić information content (AvgIpc) is 3.64. The number of ketones is 1. The number of carbonyl (C=O) groups is 3. The zero-order valence-corrected chi connectivity index (χ0v) is 24.2. The third kappa shape index (κ3) is 5.43. The van der Waals surface area contributed by atoms with E-state index in [9.17, 15) is 18.8 Å². The van der Waals surface area contributed by atoms with Gasteiger partial charge < -0.3 is 29.9 Å². The summed E-state index contributed by atoms with van der Waals surface area (Å²) in [4.78, 5) is 46.6. The molecule has 3 heterocycles. The molecular formula is C33H35FN4O5. The molecule has 43 heavy (non-hydrogen) atoms. The lowest BCUT2D eigenvalue weighted by Crippen LogP contribution is -2.56. The van der Waals surface area contributed by atoms with Gasteiger partial charge in [0.05, 0.1) is 12.0 Å². The lowest BCUT2D eigenvalue weighted by atomic mass is 9.75. The molecule has 0 spiro atoms. The first-order valence-electron chi connectivity index (χ1n) is 14.7. The average molecular weight is 587 g/mol. The second-order valence-electron chi connectivity index (χ2n) is 11.2. The summed E-state index contributed by atoms with van der Waals surface area (Å²) in [5, 5.41) is 6.16. The first-order chi connectivity index (χ1) is 20.9. The molecule has 3 aromatic carbocycles. The number of likely N-dealkylation sites (tertiary alicyclic amines) is 1. The van der Waals surface area contributed by atoms with Crippen molar-refractivity contribution in [2.24, 2.45) is 5.92 Å². The van der Waals surface area contributed by atoms with Gasteiger partial charge in [-0.3, -0.25) is 9.59 Å². The Hall–Kier alpha value is -4.44. The number of piperazine rings is 1. The highest BCUT2D eigenvalue weighted by Crippen LogP contribution is 2.52. The highest BCUT2D eigenvalue weighted by Gasteiger charge is 2.58. The Bertz CT molecular complexity index is 1520. The predicted octanol–water partition coefficient (Wildman–Crippen LogP) is 4.03. The van der Waals surface area contributed by atoms with Gasteiger partial charge >= 0.3 is 6.03 Å². The van der Waals surface area contributed by atoms with Crippen LogP contribution in [0.5, 0.6) is 11.5 Å². The number of nitrogens with zero attached hydrogens (tertiary/aromatic N) is 2. The van der Waals surface area contributed by atoms with Crippen molar-refractivity contribution in [2.75, 3.05) is 39.5 Å². The number of fused-ring (bicyclic) bond motifs is 1. The Kier molecular flexibility index (Phi) is 8.03. The van der Waals surface area contributed by atoms with E-state index < -0.39 is 35.8 Å². The van der Waals surface area contributed by atoms with E-state index in [4.69, 9.17) is 9.47 Å². The molecule has 2 fully saturated rings. The maximum atomic E-state index is 14.7. The second-order valence-corrected chi connectivity index (χ2v) is 11.2. The maximum absolute atomic E-state index is 14.7. The van der Waals surface area contributed by atoms with Crippen LogP contribution in [-0.2, 0) is 4.79 Å². The summed E-state index contributed by atoms with van der Waals surface area (Å²) in [5.74, 6) is -1.43. The smallest absolute Gasteiger partial charge is 0.318 e. The minimum Gasteiger partial charge on any atom is -0.454 e. The normalized spacial score (nSPS) is 22.9. The number of amides is 3. The number of carbonyl (C=O) groups excluding carboxylic acids is 3. The van der Waals surface area contributed by atoms with Gasteiger partial charge in [0.25, 0.3) is 0 Å². The van der Waals surface area contributed by atoms with Crippen LogP contribution in [0.3, 0.4) is 0 Å². The summed E-state index contributed by atoms with van der Waals surface area (Å²) in [6.45, 7) is 6.31. The van der Waals surface area contributed by atoms with Crippen LogP contribution in [0, 0.1) is 18.7 Å². The van der Waals surface area contributed by atoms with Gasteiger partial charge in [-0.25, -0.2) is 9.18 Å². The molecule has 4 atom stereocenters. The molecular weight excluding hydrogens is 551 g/mol. The van der Waals surface area contributed by atoms with E-state index in [0.29, 0.717) is 60.9 Å². The van der Waals surface area contributed by atoms with Crippen LogP contribution >= 0.6 is 0 Å². The lowest BCUT2D eigenvalue weighted by Gasteiger charge is -2.36.